The lowest BCUT2D eigenvalue weighted by molar-refractivity contribution is 0.438. The van der Waals surface area contributed by atoms with Crippen molar-refractivity contribution in [2.75, 3.05) is 0 Å². The summed E-state index contributed by atoms with van der Waals surface area (Å²) in [6, 6.07) is 8.10. The van der Waals surface area contributed by atoms with Crippen LogP contribution in [0.2, 0.25) is 5.02 Å². The summed E-state index contributed by atoms with van der Waals surface area (Å²) in [4.78, 5) is 0. The first-order valence-electron chi connectivity index (χ1n) is 4.20. The van der Waals surface area contributed by atoms with Gasteiger partial charge in [-0.25, -0.2) is 0 Å². The average Bonchev–Trinajstić information content (AvgIpc) is 2.01. The summed E-state index contributed by atoms with van der Waals surface area (Å²) in [5, 5.41) is 1.49. The van der Waals surface area contributed by atoms with Gasteiger partial charge in [0.25, 0.3) is 0 Å². The Kier molecular flexibility index (Phi) is 2.33. The van der Waals surface area contributed by atoms with Crippen LogP contribution in [0.3, 0.4) is 0 Å². The number of hydrogen-bond donors (Lipinski definition) is 1. The van der Waals surface area contributed by atoms with E-state index in [0.717, 1.165) is 5.02 Å². The lowest BCUT2D eigenvalue weighted by atomic mass is 9.79. The van der Waals surface area contributed by atoms with Crippen molar-refractivity contribution in [1.29, 1.82) is 0 Å². The summed E-state index contributed by atoms with van der Waals surface area (Å²) in [7, 11) is 0. The van der Waals surface area contributed by atoms with Crippen molar-refractivity contribution in [3.8, 4) is 0 Å². The van der Waals surface area contributed by atoms with Gasteiger partial charge in [0, 0.05) is 10.3 Å². The number of rotatable bonds is 1. The number of hydrogen-bond acceptors (Lipinski definition) is 1. The number of thiol groups is 1. The van der Waals surface area contributed by atoms with Crippen LogP contribution < -0.4 is 0 Å². The van der Waals surface area contributed by atoms with Crippen molar-refractivity contribution in [1.82, 2.24) is 0 Å². The molecule has 12 heavy (non-hydrogen) atoms. The quantitative estimate of drug-likeness (QED) is 0.656. The van der Waals surface area contributed by atoms with Crippen molar-refractivity contribution in [3.05, 3.63) is 34.9 Å². The molecule has 0 aromatic heterocycles. The molecule has 0 saturated heterocycles. The second-order valence-electron chi connectivity index (χ2n) is 3.34. The van der Waals surface area contributed by atoms with Crippen molar-refractivity contribution in [3.63, 3.8) is 0 Å². The van der Waals surface area contributed by atoms with E-state index in [2.05, 4.69) is 18.7 Å². The smallest absolute Gasteiger partial charge is 0.0440 e. The summed E-state index contributed by atoms with van der Waals surface area (Å²) in [5.41, 5.74) is 1.30. The molecule has 0 unspecified atom stereocenters. The summed E-state index contributed by atoms with van der Waals surface area (Å²) < 4.78 is 0. The van der Waals surface area contributed by atoms with Crippen LogP contribution in [0, 0.1) is 0 Å². The van der Waals surface area contributed by atoms with Gasteiger partial charge in [-0.1, -0.05) is 29.8 Å². The second-order valence-corrected chi connectivity index (χ2v) is 4.48. The third kappa shape index (κ3) is 1.48. The molecule has 0 heterocycles. The van der Waals surface area contributed by atoms with E-state index in [1.807, 2.05) is 18.2 Å². The zero-order valence-electron chi connectivity index (χ0n) is 6.70. The third-order valence-corrected chi connectivity index (χ3v) is 3.22. The van der Waals surface area contributed by atoms with Gasteiger partial charge in [0.05, 0.1) is 0 Å². The zero-order valence-corrected chi connectivity index (χ0v) is 8.35. The Morgan fingerprint density at radius 2 is 1.92 bits per heavy atom. The monoisotopic (exact) mass is 198 g/mol. The Bertz CT molecular complexity index is 279. The minimum absolute atomic E-state index is 0.589. The maximum Gasteiger partial charge on any atom is 0.0440 e. The maximum atomic E-state index is 6.05. The highest BCUT2D eigenvalue weighted by Crippen LogP contribution is 2.42. The molecular weight excluding hydrogens is 188 g/mol. The minimum atomic E-state index is 0.589. The Morgan fingerprint density at radius 3 is 2.50 bits per heavy atom. The van der Waals surface area contributed by atoms with Crippen molar-refractivity contribution in [2.45, 2.75) is 24.0 Å². The van der Waals surface area contributed by atoms with Gasteiger partial charge in [-0.3, -0.25) is 0 Å². The highest BCUT2D eigenvalue weighted by molar-refractivity contribution is 7.81. The van der Waals surface area contributed by atoms with Gasteiger partial charge in [0.1, 0.15) is 0 Å². The fourth-order valence-corrected chi connectivity index (χ4v) is 2.45. The Morgan fingerprint density at radius 1 is 1.25 bits per heavy atom. The summed E-state index contributed by atoms with van der Waals surface area (Å²) in [6.45, 7) is 0. The van der Waals surface area contributed by atoms with E-state index in [4.69, 9.17) is 11.6 Å². The van der Waals surface area contributed by atoms with Gasteiger partial charge in [-0.05, 0) is 30.4 Å². The molecule has 1 aliphatic rings. The molecule has 0 nitrogen and oxygen atoms in total. The molecule has 0 radical (unpaired) electrons. The molecule has 0 amide bonds. The normalized spacial score (nSPS) is 28.2. The van der Waals surface area contributed by atoms with E-state index in [-0.39, 0.29) is 0 Å². The van der Waals surface area contributed by atoms with Gasteiger partial charge in [-0.15, -0.1) is 0 Å². The van der Waals surface area contributed by atoms with E-state index >= 15 is 0 Å². The highest BCUT2D eigenvalue weighted by Gasteiger charge is 2.28. The van der Waals surface area contributed by atoms with Crippen LogP contribution in [0.25, 0.3) is 0 Å². The van der Waals surface area contributed by atoms with Gasteiger partial charge in [0.2, 0.25) is 0 Å². The number of benzene rings is 1. The highest BCUT2D eigenvalue weighted by atomic mass is 35.5. The fourth-order valence-electron chi connectivity index (χ4n) is 1.65. The molecule has 64 valence electrons. The lowest BCUT2D eigenvalue weighted by Gasteiger charge is -2.32. The predicted octanol–water partition coefficient (Wildman–Crippen LogP) is 3.52. The van der Waals surface area contributed by atoms with Gasteiger partial charge in [0.15, 0.2) is 0 Å². The molecule has 0 spiro atoms. The molecule has 1 fully saturated rings. The first-order chi connectivity index (χ1) is 5.77. The van der Waals surface area contributed by atoms with E-state index < -0.39 is 0 Å². The van der Waals surface area contributed by atoms with Gasteiger partial charge < -0.3 is 0 Å². The molecule has 0 N–H and O–H groups in total. The molecule has 0 atom stereocenters. The predicted molar refractivity (Wildman–Crippen MR) is 56.2 cm³/mol. The molecule has 2 heteroatoms. The van der Waals surface area contributed by atoms with Crippen LogP contribution in [0.4, 0.5) is 0 Å². The molecule has 0 bridgehead atoms. The third-order valence-electron chi connectivity index (χ3n) is 2.46. The maximum absolute atomic E-state index is 6.05. The Labute approximate surface area is 83.3 Å². The van der Waals surface area contributed by atoms with Crippen LogP contribution in [-0.4, -0.2) is 5.25 Å². The molecule has 1 aromatic rings. The topological polar surface area (TPSA) is 0 Å². The van der Waals surface area contributed by atoms with Crippen LogP contribution in [0.15, 0.2) is 24.3 Å². The van der Waals surface area contributed by atoms with Crippen LogP contribution in [0.1, 0.15) is 24.3 Å². The molecule has 1 aliphatic carbocycles. The van der Waals surface area contributed by atoms with E-state index in [9.17, 15) is 0 Å². The molecular formula is C10H11ClS. The largest absolute Gasteiger partial charge is 0.176 e. The van der Waals surface area contributed by atoms with Gasteiger partial charge >= 0.3 is 0 Å². The van der Waals surface area contributed by atoms with Crippen LogP contribution in [-0.2, 0) is 0 Å². The van der Waals surface area contributed by atoms with Crippen LogP contribution >= 0.6 is 24.2 Å². The first kappa shape index (κ1) is 8.46. The molecule has 2 rings (SSSR count). The van der Waals surface area contributed by atoms with Crippen molar-refractivity contribution >= 4 is 24.2 Å². The molecule has 1 aromatic carbocycles. The SMILES string of the molecule is SC1CC(c2ccccc2Cl)C1. The Hall–Kier alpha value is -0.140. The van der Waals surface area contributed by atoms with E-state index in [1.54, 1.807) is 0 Å². The van der Waals surface area contributed by atoms with Crippen LogP contribution in [0.5, 0.6) is 0 Å². The summed E-state index contributed by atoms with van der Waals surface area (Å²) >= 11 is 10.4. The zero-order chi connectivity index (χ0) is 8.55. The van der Waals surface area contributed by atoms with E-state index in [1.165, 1.54) is 18.4 Å². The standard InChI is InChI=1S/C10H11ClS/c11-10-4-2-1-3-9(10)7-5-8(12)6-7/h1-4,7-8,12H,5-6H2. The molecule has 0 aliphatic heterocycles. The van der Waals surface area contributed by atoms with Crippen molar-refractivity contribution in [2.24, 2.45) is 0 Å². The first-order valence-corrected chi connectivity index (χ1v) is 5.09. The minimum Gasteiger partial charge on any atom is -0.176 e. The molecule has 1 saturated carbocycles. The van der Waals surface area contributed by atoms with Crippen molar-refractivity contribution < 1.29 is 0 Å². The Balaban J connectivity index is 2.18. The number of halogens is 1. The van der Waals surface area contributed by atoms with Gasteiger partial charge in [-0.2, -0.15) is 12.6 Å². The fraction of sp³-hybridized carbons (Fsp3) is 0.400. The second kappa shape index (κ2) is 3.31. The van der Waals surface area contributed by atoms with E-state index in [0.29, 0.717) is 11.2 Å². The summed E-state index contributed by atoms with van der Waals surface area (Å²) in [6.07, 6.45) is 2.35. The summed E-state index contributed by atoms with van der Waals surface area (Å²) in [5.74, 6) is 0.654. The average molecular weight is 199 g/mol. The lowest BCUT2D eigenvalue weighted by Crippen LogP contribution is -2.22.